The predicted octanol–water partition coefficient (Wildman–Crippen LogP) is 10.7. The quantitative estimate of drug-likeness (QED) is 0.0210. The molecule has 12 unspecified atom stereocenters. The first-order valence-electron chi connectivity index (χ1n) is 42.1. The molecule has 692 valence electrons. The number of nitrogens with zero attached hydrogens (tertiary/aromatic N) is 12. The van der Waals surface area contributed by atoms with Crippen molar-refractivity contribution in [3.05, 3.63) is 216 Å². The summed E-state index contributed by atoms with van der Waals surface area (Å²) in [6.45, 7) is 2.74. The summed E-state index contributed by atoms with van der Waals surface area (Å²) in [5.41, 5.74) is 3.77. The van der Waals surface area contributed by atoms with Gasteiger partial charge in [0.25, 0.3) is 0 Å². The molecular formula is C88H85F3N18O24. The average Bonchev–Trinajstić information content (AvgIpc) is 1.60. The van der Waals surface area contributed by atoms with Crippen LogP contribution in [0.1, 0.15) is 124 Å². The second-order valence-corrected chi connectivity index (χ2v) is 31.6. The van der Waals surface area contributed by atoms with Crippen molar-refractivity contribution in [1.29, 1.82) is 0 Å². The van der Waals surface area contributed by atoms with Crippen molar-refractivity contribution in [1.82, 2.24) is 74.5 Å². The number of carboxylic acids is 3. The second-order valence-electron chi connectivity index (χ2n) is 31.6. The highest BCUT2D eigenvalue weighted by atomic mass is 19.1. The zero-order valence-corrected chi connectivity index (χ0v) is 70.9. The predicted molar refractivity (Wildman–Crippen MR) is 453 cm³/mol. The molecule has 0 bridgehead atoms. The molecule has 6 aromatic carbocycles. The topological polar surface area (TPSA) is 505 Å². The van der Waals surface area contributed by atoms with Crippen LogP contribution in [0.5, 0.6) is 34.5 Å². The number of fused-ring (bicyclic) bond motifs is 6. The molecule has 6 amide bonds. The molecule has 42 nitrogen and oxygen atoms in total. The lowest BCUT2D eigenvalue weighted by Gasteiger charge is -2.22. The molecule has 2 aliphatic carbocycles. The van der Waals surface area contributed by atoms with E-state index in [1.807, 2.05) is 6.92 Å². The van der Waals surface area contributed by atoms with Gasteiger partial charge in [0.2, 0.25) is 0 Å². The maximum absolute atomic E-state index is 13.6. The molecule has 6 aliphatic heterocycles. The number of halogens is 3. The first-order valence-corrected chi connectivity index (χ1v) is 42.1. The summed E-state index contributed by atoms with van der Waals surface area (Å²) in [7, 11) is 4.37. The summed E-state index contributed by atoms with van der Waals surface area (Å²) in [4.78, 5) is 112. The van der Waals surface area contributed by atoms with Crippen LogP contribution in [0.3, 0.4) is 0 Å². The van der Waals surface area contributed by atoms with Crippen molar-refractivity contribution in [3.8, 4) is 34.5 Å². The molecule has 6 saturated heterocycles. The minimum atomic E-state index is -1.18. The van der Waals surface area contributed by atoms with E-state index in [1.165, 1.54) is 144 Å². The molecule has 12 heterocycles. The van der Waals surface area contributed by atoms with E-state index in [4.69, 9.17) is 71.1 Å². The SMILES string of the molecule is CCCNC(=O)Nc1ncnc2c1ncn2C1OC(COc2ccc(OC)cc2C(=O)O)C2O[C@H](c3ccc(F)cc3)OC21.COc1ccc(C(=O)O)c(OCC2OC(n3cnc4c(NC(=O)NC5CC5)ncnc43)C3O[C@@H](c4ccc(F)cc4)OC23)c1.COc1ccc(C(=O)O)c(OCC2OC(n3cnc4c(NC(=O)NCC5CC5)ncnc43)C3O[C@@H](c4ccc(F)cc4)OC23)c1. The van der Waals surface area contributed by atoms with Gasteiger partial charge in [-0.2, -0.15) is 0 Å². The number of aromatic carboxylic acids is 3. The van der Waals surface area contributed by atoms with E-state index in [9.17, 15) is 57.3 Å². The van der Waals surface area contributed by atoms with Crippen molar-refractivity contribution < 1.29 is 128 Å². The van der Waals surface area contributed by atoms with E-state index in [2.05, 4.69) is 76.8 Å². The van der Waals surface area contributed by atoms with Crippen molar-refractivity contribution in [2.75, 3.05) is 70.2 Å². The Hall–Kier alpha value is -14.6. The normalized spacial score (nSPS) is 23.5. The van der Waals surface area contributed by atoms with Gasteiger partial charge in [-0.25, -0.2) is 86.8 Å². The summed E-state index contributed by atoms with van der Waals surface area (Å²) < 4.78 is 136. The van der Waals surface area contributed by atoms with Crippen LogP contribution in [-0.4, -0.2) is 225 Å². The number of imidazole rings is 3. The zero-order chi connectivity index (χ0) is 92.2. The van der Waals surface area contributed by atoms with E-state index < -0.39 is 140 Å². The summed E-state index contributed by atoms with van der Waals surface area (Å²) in [6, 6.07) is 29.5. The lowest BCUT2D eigenvalue weighted by molar-refractivity contribution is -0.152. The highest BCUT2D eigenvalue weighted by Gasteiger charge is 2.58. The number of aromatic nitrogens is 12. The molecule has 8 fully saturated rings. The lowest BCUT2D eigenvalue weighted by Crippen LogP contribution is -2.33. The fourth-order valence-corrected chi connectivity index (χ4v) is 15.8. The van der Waals surface area contributed by atoms with Gasteiger partial charge in [-0.3, -0.25) is 29.7 Å². The van der Waals surface area contributed by atoms with Gasteiger partial charge in [0, 0.05) is 48.0 Å². The molecule has 6 aromatic heterocycles. The van der Waals surface area contributed by atoms with Gasteiger partial charge < -0.3 is 102 Å². The van der Waals surface area contributed by atoms with Crippen LogP contribution in [0.25, 0.3) is 33.5 Å². The third-order valence-electron chi connectivity index (χ3n) is 22.7. The number of carbonyl (C=O) groups excluding carboxylic acids is 3. The maximum Gasteiger partial charge on any atom is 0.339 e. The third-order valence-corrected chi connectivity index (χ3v) is 22.7. The molecule has 2 saturated carbocycles. The number of anilines is 3. The van der Waals surface area contributed by atoms with Crippen LogP contribution in [0.2, 0.25) is 0 Å². The standard InChI is InChI=1S/C30H29FN6O8.C29H27FN6O8.C29H29FN6O8/c1-41-18-8-9-19(28(38)39)20(10-18)42-12-21-23-24(45-29(44-23)16-4-6-17(31)7-5-16)27(43-21)37-14-35-22-25(33-13-34-26(22)37)36-30(40)32-11-15-2-3-15;1-40-17-8-9-18(27(37)38)19(10-17)41-11-20-22-23(44-28(43-22)14-2-4-15(30)5-3-14)26(42-20)36-13-33-21-24(31-12-32-25(21)36)35-29(39)34-16-6-7-16;1-3-10-31-29(39)35-24-21-25(33-13-32-24)36(14-34-21)26-23-22(43-28(44-23)15-4-6-16(30)7-5-15)20(42-26)12-41-19-9-8-17(40-2)11-18(19)27(37)38/h4-10,13-15,21,23-24,27,29H,2-3,11-12H2,1H3,(H,38,39)(H2,32,33,34,36,40);2-5,8-10,12-13,16,20,22-23,26,28H,6-7,11H2,1H3,(H,37,38)(H2,31,32,34,35,39);4-9,11,13-14,20,22-23,26,28H,3,10,12H2,1-2H3,(H,37,38)(H2,31,32,33,35,39)/t21?,23?,24?,27?,29-;2*20?,22?,23?,26?,28-/m000/s1. The molecule has 0 spiro atoms. The Labute approximate surface area is 750 Å². The summed E-state index contributed by atoms with van der Waals surface area (Å²) >= 11 is 0. The minimum absolute atomic E-state index is 0.0480. The van der Waals surface area contributed by atoms with Crippen LogP contribution in [0.15, 0.2) is 165 Å². The number of amides is 6. The van der Waals surface area contributed by atoms with E-state index >= 15 is 0 Å². The molecule has 45 heteroatoms. The van der Waals surface area contributed by atoms with Gasteiger partial charge in [0.1, 0.15) is 162 Å². The second kappa shape index (κ2) is 38.8. The number of carboxylic acid groups (broad SMARTS) is 3. The number of rotatable bonds is 29. The first kappa shape index (κ1) is 89.0. The van der Waals surface area contributed by atoms with E-state index in [-0.39, 0.29) is 83.3 Å². The minimum Gasteiger partial charge on any atom is -0.497 e. The number of hydrogen-bond donors (Lipinski definition) is 9. The van der Waals surface area contributed by atoms with Gasteiger partial charge >= 0.3 is 36.0 Å². The molecule has 20 rings (SSSR count). The van der Waals surface area contributed by atoms with Crippen LogP contribution in [-0.2, 0) is 42.6 Å². The fourth-order valence-electron chi connectivity index (χ4n) is 15.8. The third kappa shape index (κ3) is 19.5. The zero-order valence-electron chi connectivity index (χ0n) is 70.9. The Balaban J connectivity index is 0.000000134. The Morgan fingerprint density at radius 2 is 0.752 bits per heavy atom. The van der Waals surface area contributed by atoms with Gasteiger partial charge in [-0.1, -0.05) is 43.3 Å². The molecule has 8 aliphatic rings. The molecule has 9 N–H and O–H groups in total. The van der Waals surface area contributed by atoms with Crippen LogP contribution in [0.4, 0.5) is 45.0 Å². The molecular weight excluding hydrogens is 1750 g/mol. The number of ether oxygens (including phenoxy) is 15. The van der Waals surface area contributed by atoms with E-state index in [1.54, 1.807) is 56.2 Å². The van der Waals surface area contributed by atoms with Crippen molar-refractivity contribution >= 4 is 86.9 Å². The Bertz CT molecular complexity index is 6300. The van der Waals surface area contributed by atoms with Gasteiger partial charge in [-0.05, 0) is 117 Å². The first-order chi connectivity index (χ1) is 64.6. The van der Waals surface area contributed by atoms with Crippen LogP contribution < -0.4 is 60.3 Å². The average molecular weight is 1840 g/mol. The largest absolute Gasteiger partial charge is 0.497 e. The van der Waals surface area contributed by atoms with Crippen LogP contribution >= 0.6 is 0 Å². The highest BCUT2D eigenvalue weighted by molar-refractivity contribution is 5.98. The van der Waals surface area contributed by atoms with Crippen molar-refractivity contribution in [2.45, 2.75) is 138 Å². The number of methoxy groups -OCH3 is 3. The Morgan fingerprint density at radius 3 is 1.11 bits per heavy atom. The summed E-state index contributed by atoms with van der Waals surface area (Å²) in [5.74, 6) is -2.00. The number of urea groups is 3. The monoisotopic (exact) mass is 1830 g/mol. The lowest BCUT2D eigenvalue weighted by atomic mass is 10.1. The highest BCUT2D eigenvalue weighted by Crippen LogP contribution is 2.50. The van der Waals surface area contributed by atoms with Crippen molar-refractivity contribution in [2.24, 2.45) is 5.92 Å². The fraction of sp³-hybridized carbons (Fsp3) is 0.352. The maximum atomic E-state index is 13.6. The molecule has 12 aromatic rings. The van der Waals surface area contributed by atoms with Gasteiger partial charge in [0.15, 0.2) is 88.5 Å². The van der Waals surface area contributed by atoms with Crippen molar-refractivity contribution in [3.63, 3.8) is 0 Å². The number of nitrogens with one attached hydrogen (secondary N) is 6. The number of hydrogen-bond acceptors (Lipinski definition) is 30. The van der Waals surface area contributed by atoms with Gasteiger partial charge in [0.05, 0.1) is 40.3 Å². The number of carbonyl (C=O) groups is 6. The summed E-state index contributed by atoms with van der Waals surface area (Å²) in [6.07, 6.45) is 2.08. The van der Waals surface area contributed by atoms with Crippen LogP contribution in [0, 0.1) is 23.4 Å². The molecule has 15 atom stereocenters. The Morgan fingerprint density at radius 1 is 0.398 bits per heavy atom. The van der Waals surface area contributed by atoms with E-state index in [0.717, 1.165) is 32.1 Å². The smallest absolute Gasteiger partial charge is 0.339 e. The summed E-state index contributed by atoms with van der Waals surface area (Å²) in [5, 5.41) is 45.6. The molecule has 0 radical (unpaired) electrons. The van der Waals surface area contributed by atoms with E-state index in [0.29, 0.717) is 86.4 Å². The van der Waals surface area contributed by atoms with Gasteiger partial charge in [-0.15, -0.1) is 0 Å². The number of benzene rings is 6. The Kier molecular flexibility index (Phi) is 26.0. The molecule has 133 heavy (non-hydrogen) atoms.